The smallest absolute Gasteiger partial charge is 0.307 e. The Morgan fingerprint density at radius 3 is 1.88 bits per heavy atom. The zero-order valence-corrected chi connectivity index (χ0v) is 20.9. The number of carboxylic acid groups (broad SMARTS) is 1. The number of fused-ring (bicyclic) bond motifs is 1. The fourth-order valence-corrected chi connectivity index (χ4v) is 3.42. The van der Waals surface area contributed by atoms with Gasteiger partial charge in [-0.2, -0.15) is 0 Å². The summed E-state index contributed by atoms with van der Waals surface area (Å²) in [7, 11) is 6.44. The van der Waals surface area contributed by atoms with E-state index < -0.39 is 5.97 Å². The number of allylic oxidation sites excluding steroid dienone is 1. The van der Waals surface area contributed by atoms with Crippen LogP contribution in [0.5, 0.6) is 23.0 Å². The first-order valence-corrected chi connectivity index (χ1v) is 11.2. The number of para-hydroxylation sites is 2. The lowest BCUT2D eigenvalue weighted by molar-refractivity contribution is -0.136. The van der Waals surface area contributed by atoms with Crippen molar-refractivity contribution in [1.29, 1.82) is 0 Å². The van der Waals surface area contributed by atoms with Gasteiger partial charge in [0, 0.05) is 12.0 Å². The Labute approximate surface area is 202 Å². The highest BCUT2D eigenvalue weighted by Crippen LogP contribution is 2.41. The van der Waals surface area contributed by atoms with Gasteiger partial charge in [0.15, 0.2) is 28.8 Å². The Balaban J connectivity index is 0.000000277. The molecule has 0 aromatic heterocycles. The molecular weight excluding hydrogens is 436 g/mol. The highest BCUT2D eigenvalue weighted by Gasteiger charge is 2.29. The van der Waals surface area contributed by atoms with Crippen molar-refractivity contribution in [3.05, 3.63) is 59.7 Å². The maximum Gasteiger partial charge on any atom is 0.307 e. The molecular formula is C27H36O7. The van der Waals surface area contributed by atoms with E-state index in [-0.39, 0.29) is 12.2 Å². The summed E-state index contributed by atoms with van der Waals surface area (Å²) in [6, 6.07) is 11.3. The van der Waals surface area contributed by atoms with Crippen LogP contribution in [0.15, 0.2) is 48.6 Å². The maximum absolute atomic E-state index is 11.8. The van der Waals surface area contributed by atoms with E-state index in [0.29, 0.717) is 23.8 Å². The van der Waals surface area contributed by atoms with Crippen molar-refractivity contribution in [2.45, 2.75) is 45.4 Å². The third-order valence-corrected chi connectivity index (χ3v) is 5.20. The standard InChI is InChI=1S/C13H16O3.C8H10O2.C6H10O2/c1-4-8-5-11(14)10-7-13(16-3)12(15-2)6-9(8)10;1-9-7-5-3-4-6-8(7)10-2;1-2-3-4-5-6(7)8/h6-8H,4-5H2,1-3H3;3-6H,1-2H3;3-4H,2,5H2,1H3,(H,7,8)/b;;4-3+. The topological polar surface area (TPSA) is 91.3 Å². The highest BCUT2D eigenvalue weighted by molar-refractivity contribution is 6.02. The molecule has 3 rings (SSSR count). The van der Waals surface area contributed by atoms with Crippen LogP contribution < -0.4 is 18.9 Å². The molecule has 1 unspecified atom stereocenters. The fraction of sp³-hybridized carbons (Fsp3) is 0.407. The van der Waals surface area contributed by atoms with E-state index in [0.717, 1.165) is 35.5 Å². The average Bonchev–Trinajstić information content (AvgIpc) is 3.18. The molecule has 2 aromatic carbocycles. The van der Waals surface area contributed by atoms with E-state index in [9.17, 15) is 9.59 Å². The number of aliphatic carboxylic acids is 1. The number of methoxy groups -OCH3 is 4. The first kappa shape index (κ1) is 28.6. The lowest BCUT2D eigenvalue weighted by Gasteiger charge is -2.12. The number of carbonyl (C=O) groups excluding carboxylic acids is 1. The van der Waals surface area contributed by atoms with E-state index in [4.69, 9.17) is 24.1 Å². The quantitative estimate of drug-likeness (QED) is 0.477. The summed E-state index contributed by atoms with van der Waals surface area (Å²) in [5.74, 6) is 2.65. The van der Waals surface area contributed by atoms with Crippen molar-refractivity contribution < 1.29 is 33.6 Å². The molecule has 7 heteroatoms. The van der Waals surface area contributed by atoms with Crippen molar-refractivity contribution in [3.8, 4) is 23.0 Å². The maximum atomic E-state index is 11.8. The zero-order valence-electron chi connectivity index (χ0n) is 20.9. The summed E-state index contributed by atoms with van der Waals surface area (Å²) in [5.41, 5.74) is 1.90. The molecule has 1 aliphatic rings. The van der Waals surface area contributed by atoms with Gasteiger partial charge in [-0.05, 0) is 48.6 Å². The molecule has 0 heterocycles. The van der Waals surface area contributed by atoms with Gasteiger partial charge in [-0.25, -0.2) is 0 Å². The highest BCUT2D eigenvalue weighted by atomic mass is 16.5. The number of hydrogen-bond acceptors (Lipinski definition) is 6. The van der Waals surface area contributed by atoms with Gasteiger partial charge in [-0.1, -0.05) is 38.1 Å². The summed E-state index contributed by atoms with van der Waals surface area (Å²) in [6.45, 7) is 4.07. The lowest BCUT2D eigenvalue weighted by Crippen LogP contribution is -1.96. The average molecular weight is 473 g/mol. The van der Waals surface area contributed by atoms with Crippen LogP contribution in [0.3, 0.4) is 0 Å². The number of ether oxygens (including phenoxy) is 4. The Kier molecular flexibility index (Phi) is 12.9. The monoisotopic (exact) mass is 472 g/mol. The normalized spacial score (nSPS) is 13.7. The van der Waals surface area contributed by atoms with Gasteiger partial charge in [0.2, 0.25) is 0 Å². The van der Waals surface area contributed by atoms with E-state index in [2.05, 4.69) is 6.92 Å². The third kappa shape index (κ3) is 8.46. The van der Waals surface area contributed by atoms with Crippen LogP contribution in [-0.4, -0.2) is 45.3 Å². The number of rotatable bonds is 8. The molecule has 0 aliphatic heterocycles. The second-order valence-electron chi connectivity index (χ2n) is 7.36. The molecule has 2 aromatic rings. The minimum absolute atomic E-state index is 0.147. The van der Waals surface area contributed by atoms with Crippen molar-refractivity contribution in [3.63, 3.8) is 0 Å². The van der Waals surface area contributed by atoms with E-state index in [1.165, 1.54) is 0 Å². The molecule has 0 saturated heterocycles. The Morgan fingerprint density at radius 2 is 1.44 bits per heavy atom. The first-order valence-electron chi connectivity index (χ1n) is 11.2. The van der Waals surface area contributed by atoms with Gasteiger partial charge in [-0.3, -0.25) is 9.59 Å². The minimum atomic E-state index is -0.769. The van der Waals surface area contributed by atoms with Crippen molar-refractivity contribution in [1.82, 2.24) is 0 Å². The van der Waals surface area contributed by atoms with Crippen molar-refractivity contribution in [2.24, 2.45) is 0 Å². The van der Waals surface area contributed by atoms with Gasteiger partial charge >= 0.3 is 5.97 Å². The minimum Gasteiger partial charge on any atom is -0.493 e. The molecule has 34 heavy (non-hydrogen) atoms. The molecule has 0 bridgehead atoms. The molecule has 7 nitrogen and oxygen atoms in total. The molecule has 0 amide bonds. The lowest BCUT2D eigenvalue weighted by atomic mass is 9.98. The Morgan fingerprint density at radius 1 is 0.912 bits per heavy atom. The number of Topliss-reactive ketones (excluding diaryl/α,β-unsaturated/α-hetero) is 1. The van der Waals surface area contributed by atoms with Crippen LogP contribution in [0.4, 0.5) is 0 Å². The van der Waals surface area contributed by atoms with Crippen LogP contribution in [0, 0.1) is 0 Å². The molecule has 0 spiro atoms. The predicted octanol–water partition coefficient (Wildman–Crippen LogP) is 5.91. The molecule has 1 aliphatic carbocycles. The van der Waals surface area contributed by atoms with Gasteiger partial charge in [0.1, 0.15) is 0 Å². The van der Waals surface area contributed by atoms with Gasteiger partial charge < -0.3 is 24.1 Å². The third-order valence-electron chi connectivity index (χ3n) is 5.20. The predicted molar refractivity (Wildman–Crippen MR) is 133 cm³/mol. The Bertz CT molecular complexity index is 927. The first-order chi connectivity index (χ1) is 16.4. The van der Waals surface area contributed by atoms with Crippen LogP contribution in [0.1, 0.15) is 61.4 Å². The number of benzene rings is 2. The SMILES string of the molecule is CC/C=C/CC(=O)O.CCC1CC(=O)c2cc(OC)c(OC)cc21.COc1ccccc1OC. The van der Waals surface area contributed by atoms with Crippen LogP contribution in [-0.2, 0) is 4.79 Å². The summed E-state index contributed by atoms with van der Waals surface area (Å²) >= 11 is 0. The molecule has 0 fully saturated rings. The number of ketones is 1. The molecule has 1 atom stereocenters. The van der Waals surface area contributed by atoms with Gasteiger partial charge in [0.25, 0.3) is 0 Å². The number of carbonyl (C=O) groups is 2. The van der Waals surface area contributed by atoms with E-state index >= 15 is 0 Å². The van der Waals surface area contributed by atoms with Crippen LogP contribution >= 0.6 is 0 Å². The van der Waals surface area contributed by atoms with E-state index in [1.54, 1.807) is 40.6 Å². The molecule has 0 saturated carbocycles. The Hall–Kier alpha value is -3.48. The van der Waals surface area contributed by atoms with Crippen molar-refractivity contribution in [2.75, 3.05) is 28.4 Å². The number of carboxylic acids is 1. The fourth-order valence-electron chi connectivity index (χ4n) is 3.42. The largest absolute Gasteiger partial charge is 0.493 e. The summed E-state index contributed by atoms with van der Waals surface area (Å²) in [5, 5.41) is 8.09. The summed E-state index contributed by atoms with van der Waals surface area (Å²) < 4.78 is 20.5. The summed E-state index contributed by atoms with van der Waals surface area (Å²) in [4.78, 5) is 21.6. The van der Waals surface area contributed by atoms with Gasteiger partial charge in [0.05, 0.1) is 34.9 Å². The van der Waals surface area contributed by atoms with E-state index in [1.807, 2.05) is 43.3 Å². The molecule has 1 N–H and O–H groups in total. The molecule has 186 valence electrons. The van der Waals surface area contributed by atoms with Crippen LogP contribution in [0.25, 0.3) is 0 Å². The zero-order chi connectivity index (χ0) is 25.5. The second-order valence-corrected chi connectivity index (χ2v) is 7.36. The second kappa shape index (κ2) is 15.4. The van der Waals surface area contributed by atoms with Crippen molar-refractivity contribution >= 4 is 11.8 Å². The number of hydrogen-bond donors (Lipinski definition) is 1. The molecule has 0 radical (unpaired) electrons. The van der Waals surface area contributed by atoms with Crippen LogP contribution in [0.2, 0.25) is 0 Å². The van der Waals surface area contributed by atoms with Gasteiger partial charge in [-0.15, -0.1) is 0 Å². The summed E-state index contributed by atoms with van der Waals surface area (Å²) in [6.07, 6.45) is 6.15.